The van der Waals surface area contributed by atoms with Gasteiger partial charge in [-0.1, -0.05) is 39.5 Å². The summed E-state index contributed by atoms with van der Waals surface area (Å²) in [5, 5.41) is 0. The minimum Gasteiger partial charge on any atom is -0.466 e. The van der Waals surface area contributed by atoms with Gasteiger partial charge in [0.1, 0.15) is 0 Å². The molecule has 0 heterocycles. The lowest BCUT2D eigenvalue weighted by atomic mass is 10.0. The molecule has 0 bridgehead atoms. The Morgan fingerprint density at radius 1 is 0.783 bits per heavy atom. The SMILES string of the molecule is COCCOCCOCCCC(=O)OCCCCCCC(C)C. The van der Waals surface area contributed by atoms with Crippen molar-refractivity contribution in [2.24, 2.45) is 5.92 Å². The summed E-state index contributed by atoms with van der Waals surface area (Å²) in [6.45, 7) is 7.92. The van der Waals surface area contributed by atoms with Crippen molar-refractivity contribution in [2.45, 2.75) is 58.8 Å². The van der Waals surface area contributed by atoms with Crippen LogP contribution >= 0.6 is 0 Å². The molecule has 0 aromatic carbocycles. The van der Waals surface area contributed by atoms with E-state index in [4.69, 9.17) is 18.9 Å². The average molecular weight is 332 g/mol. The summed E-state index contributed by atoms with van der Waals surface area (Å²) in [5.74, 6) is 0.666. The van der Waals surface area contributed by atoms with Crippen molar-refractivity contribution in [3.8, 4) is 0 Å². The van der Waals surface area contributed by atoms with Crippen LogP contribution in [-0.4, -0.2) is 52.7 Å². The molecular formula is C18H36O5. The maximum absolute atomic E-state index is 11.5. The topological polar surface area (TPSA) is 54.0 Å². The van der Waals surface area contributed by atoms with Gasteiger partial charge in [-0.05, 0) is 18.8 Å². The smallest absolute Gasteiger partial charge is 0.305 e. The van der Waals surface area contributed by atoms with Crippen LogP contribution < -0.4 is 0 Å². The first-order valence-electron chi connectivity index (χ1n) is 8.97. The Hall–Kier alpha value is -0.650. The quantitative estimate of drug-likeness (QED) is 0.301. The van der Waals surface area contributed by atoms with Crippen molar-refractivity contribution in [2.75, 3.05) is 46.8 Å². The van der Waals surface area contributed by atoms with Crippen molar-refractivity contribution in [3.05, 3.63) is 0 Å². The molecule has 0 aromatic heterocycles. The summed E-state index contributed by atoms with van der Waals surface area (Å²) >= 11 is 0. The zero-order valence-corrected chi connectivity index (χ0v) is 15.3. The second-order valence-electron chi connectivity index (χ2n) is 6.14. The molecule has 5 nitrogen and oxygen atoms in total. The van der Waals surface area contributed by atoms with Crippen LogP contribution in [0.2, 0.25) is 0 Å². The van der Waals surface area contributed by atoms with Crippen molar-refractivity contribution in [3.63, 3.8) is 0 Å². The third-order valence-electron chi connectivity index (χ3n) is 3.41. The Morgan fingerprint density at radius 2 is 1.43 bits per heavy atom. The van der Waals surface area contributed by atoms with Crippen molar-refractivity contribution >= 4 is 5.97 Å². The molecule has 0 aromatic rings. The van der Waals surface area contributed by atoms with Gasteiger partial charge in [-0.15, -0.1) is 0 Å². The first-order chi connectivity index (χ1) is 11.2. The normalized spacial score (nSPS) is 11.1. The van der Waals surface area contributed by atoms with Gasteiger partial charge in [0.25, 0.3) is 0 Å². The van der Waals surface area contributed by atoms with E-state index in [1.807, 2.05) is 0 Å². The number of hydrogen-bond acceptors (Lipinski definition) is 5. The highest BCUT2D eigenvalue weighted by molar-refractivity contribution is 5.69. The minimum absolute atomic E-state index is 0.118. The third kappa shape index (κ3) is 19.3. The molecule has 0 N–H and O–H groups in total. The summed E-state index contributed by atoms with van der Waals surface area (Å²) in [6.07, 6.45) is 7.04. The van der Waals surface area contributed by atoms with Gasteiger partial charge in [-0.3, -0.25) is 4.79 Å². The van der Waals surface area contributed by atoms with Crippen LogP contribution in [0.15, 0.2) is 0 Å². The number of methoxy groups -OCH3 is 1. The van der Waals surface area contributed by atoms with Crippen LogP contribution in [0.1, 0.15) is 58.8 Å². The fourth-order valence-electron chi connectivity index (χ4n) is 2.05. The van der Waals surface area contributed by atoms with Gasteiger partial charge < -0.3 is 18.9 Å². The number of hydrogen-bond donors (Lipinski definition) is 0. The molecule has 0 aliphatic carbocycles. The number of carbonyl (C=O) groups is 1. The summed E-state index contributed by atoms with van der Waals surface area (Å²) in [6, 6.07) is 0. The van der Waals surface area contributed by atoms with Gasteiger partial charge in [0.2, 0.25) is 0 Å². The van der Waals surface area contributed by atoms with Crippen molar-refractivity contribution < 1.29 is 23.7 Å². The second kappa shape index (κ2) is 17.7. The predicted molar refractivity (Wildman–Crippen MR) is 91.6 cm³/mol. The average Bonchev–Trinajstić information content (AvgIpc) is 2.52. The Morgan fingerprint density at radius 3 is 2.13 bits per heavy atom. The van der Waals surface area contributed by atoms with Gasteiger partial charge in [-0.25, -0.2) is 0 Å². The molecule has 0 rings (SSSR count). The van der Waals surface area contributed by atoms with Crippen LogP contribution in [0.3, 0.4) is 0 Å². The van der Waals surface area contributed by atoms with E-state index in [1.165, 1.54) is 19.3 Å². The molecule has 0 saturated heterocycles. The van der Waals surface area contributed by atoms with Gasteiger partial charge in [-0.2, -0.15) is 0 Å². The van der Waals surface area contributed by atoms with E-state index < -0.39 is 0 Å². The van der Waals surface area contributed by atoms with Gasteiger partial charge >= 0.3 is 5.97 Å². The van der Waals surface area contributed by atoms with Crippen LogP contribution in [0.25, 0.3) is 0 Å². The molecular weight excluding hydrogens is 296 g/mol. The predicted octanol–water partition coefficient (Wildman–Crippen LogP) is 3.60. The molecule has 0 atom stereocenters. The number of ether oxygens (including phenoxy) is 4. The molecule has 0 aliphatic rings. The van der Waals surface area contributed by atoms with E-state index >= 15 is 0 Å². The molecule has 0 fully saturated rings. The first kappa shape index (κ1) is 22.4. The van der Waals surface area contributed by atoms with E-state index in [9.17, 15) is 4.79 Å². The van der Waals surface area contributed by atoms with E-state index in [1.54, 1.807) is 7.11 Å². The molecule has 0 spiro atoms. The minimum atomic E-state index is -0.118. The summed E-state index contributed by atoms with van der Waals surface area (Å²) in [7, 11) is 1.64. The maximum Gasteiger partial charge on any atom is 0.305 e. The van der Waals surface area contributed by atoms with E-state index in [0.29, 0.717) is 52.5 Å². The third-order valence-corrected chi connectivity index (χ3v) is 3.41. The largest absolute Gasteiger partial charge is 0.466 e. The van der Waals surface area contributed by atoms with E-state index in [2.05, 4.69) is 13.8 Å². The number of unbranched alkanes of at least 4 members (excludes halogenated alkanes) is 3. The highest BCUT2D eigenvalue weighted by Crippen LogP contribution is 2.09. The zero-order chi connectivity index (χ0) is 17.2. The standard InChI is InChI=1S/C18H36O5/c1-17(2)9-6-4-5-7-12-23-18(19)10-8-11-21-15-16-22-14-13-20-3/h17H,4-16H2,1-3H3. The Kier molecular flexibility index (Phi) is 17.2. The van der Waals surface area contributed by atoms with Crippen LogP contribution in [0.5, 0.6) is 0 Å². The van der Waals surface area contributed by atoms with Crippen LogP contribution in [0.4, 0.5) is 0 Å². The monoisotopic (exact) mass is 332 g/mol. The second-order valence-corrected chi connectivity index (χ2v) is 6.14. The van der Waals surface area contributed by atoms with Crippen molar-refractivity contribution in [1.29, 1.82) is 0 Å². The Labute approximate surface area is 142 Å². The summed E-state index contributed by atoms with van der Waals surface area (Å²) in [5.41, 5.74) is 0. The lowest BCUT2D eigenvalue weighted by Gasteiger charge is -2.07. The lowest BCUT2D eigenvalue weighted by Crippen LogP contribution is -2.10. The fraction of sp³-hybridized carbons (Fsp3) is 0.944. The molecule has 0 amide bonds. The number of rotatable bonds is 17. The van der Waals surface area contributed by atoms with Gasteiger partial charge in [0.05, 0.1) is 33.0 Å². The molecule has 138 valence electrons. The molecule has 0 radical (unpaired) electrons. The van der Waals surface area contributed by atoms with Gasteiger partial charge in [0, 0.05) is 20.1 Å². The molecule has 23 heavy (non-hydrogen) atoms. The number of carbonyl (C=O) groups excluding carboxylic acids is 1. The highest BCUT2D eigenvalue weighted by Gasteiger charge is 2.02. The Bertz CT molecular complexity index is 256. The van der Waals surface area contributed by atoms with Crippen LogP contribution in [-0.2, 0) is 23.7 Å². The molecule has 5 heteroatoms. The maximum atomic E-state index is 11.5. The molecule has 0 aliphatic heterocycles. The summed E-state index contributed by atoms with van der Waals surface area (Å²) in [4.78, 5) is 11.5. The fourth-order valence-corrected chi connectivity index (χ4v) is 2.05. The zero-order valence-electron chi connectivity index (χ0n) is 15.3. The van der Waals surface area contributed by atoms with E-state index in [0.717, 1.165) is 18.8 Å². The number of esters is 1. The summed E-state index contributed by atoms with van der Waals surface area (Å²) < 4.78 is 20.7. The first-order valence-corrected chi connectivity index (χ1v) is 8.97. The molecule has 0 saturated carbocycles. The van der Waals surface area contributed by atoms with Crippen LogP contribution in [0, 0.1) is 5.92 Å². The Balaban J connectivity index is 3.16. The molecule has 0 unspecified atom stereocenters. The van der Waals surface area contributed by atoms with E-state index in [-0.39, 0.29) is 5.97 Å². The van der Waals surface area contributed by atoms with Crippen molar-refractivity contribution in [1.82, 2.24) is 0 Å². The van der Waals surface area contributed by atoms with Gasteiger partial charge in [0.15, 0.2) is 0 Å². The highest BCUT2D eigenvalue weighted by atomic mass is 16.5. The lowest BCUT2D eigenvalue weighted by molar-refractivity contribution is -0.144.